The third-order valence-electron chi connectivity index (χ3n) is 2.90. The number of benzene rings is 2. The van der Waals surface area contributed by atoms with Gasteiger partial charge in [0.25, 0.3) is 0 Å². The summed E-state index contributed by atoms with van der Waals surface area (Å²) in [5, 5.41) is 3.34. The number of hydrogen-bond donors (Lipinski definition) is 1. The number of halogens is 1. The summed E-state index contributed by atoms with van der Waals surface area (Å²) < 4.78 is 3.67. The number of H-pyrrole nitrogens is 1. The van der Waals surface area contributed by atoms with Gasteiger partial charge in [-0.15, -0.1) is 0 Å². The Bertz CT molecular complexity index is 759. The first-order valence-electron chi connectivity index (χ1n) is 5.88. The first kappa shape index (κ1) is 12.4. The maximum atomic E-state index is 5.43. The third-order valence-corrected chi connectivity index (χ3v) is 3.87. The van der Waals surface area contributed by atoms with Gasteiger partial charge in [-0.05, 0) is 33.6 Å². The molecule has 0 aliphatic rings. The highest BCUT2D eigenvalue weighted by Crippen LogP contribution is 2.23. The molecule has 0 spiro atoms. The molecule has 2 nitrogen and oxygen atoms in total. The lowest BCUT2D eigenvalue weighted by Gasteiger charge is -2.05. The maximum Gasteiger partial charge on any atom is 0.128 e. The molecule has 0 fully saturated rings. The van der Waals surface area contributed by atoms with E-state index in [2.05, 4.69) is 33.2 Å². The summed E-state index contributed by atoms with van der Waals surface area (Å²) in [5.41, 5.74) is 3.15. The summed E-state index contributed by atoms with van der Waals surface area (Å²) in [6.07, 6.45) is 0. The predicted molar refractivity (Wildman–Crippen MR) is 84.1 cm³/mol. The minimum absolute atomic E-state index is 0.755. The smallest absolute Gasteiger partial charge is 0.128 e. The van der Waals surface area contributed by atoms with Crippen molar-refractivity contribution in [3.63, 3.8) is 0 Å². The van der Waals surface area contributed by atoms with Gasteiger partial charge in [0.1, 0.15) is 4.64 Å². The second-order valence-electron chi connectivity index (χ2n) is 4.16. The first-order valence-corrected chi connectivity index (χ1v) is 7.08. The van der Waals surface area contributed by atoms with E-state index in [1.165, 1.54) is 0 Å². The van der Waals surface area contributed by atoms with E-state index in [1.54, 1.807) is 0 Å². The molecule has 0 saturated carbocycles. The summed E-state index contributed by atoms with van der Waals surface area (Å²) in [6.45, 7) is 0. The zero-order chi connectivity index (χ0) is 13.2. The van der Waals surface area contributed by atoms with Crippen molar-refractivity contribution in [1.82, 2.24) is 9.78 Å². The molecule has 1 N–H and O–H groups in total. The average molecular weight is 331 g/mol. The van der Waals surface area contributed by atoms with Crippen LogP contribution in [0.1, 0.15) is 0 Å². The Hall–Kier alpha value is -1.65. The van der Waals surface area contributed by atoms with Crippen LogP contribution in [-0.4, -0.2) is 9.78 Å². The van der Waals surface area contributed by atoms with Gasteiger partial charge < -0.3 is 0 Å². The number of nitrogens with zero attached hydrogens (tertiary/aromatic N) is 1. The van der Waals surface area contributed by atoms with E-state index in [-0.39, 0.29) is 0 Å². The molecule has 0 unspecified atom stereocenters. The van der Waals surface area contributed by atoms with Gasteiger partial charge in [-0.1, -0.05) is 54.7 Å². The zero-order valence-electron chi connectivity index (χ0n) is 10.0. The van der Waals surface area contributed by atoms with Crippen LogP contribution < -0.4 is 0 Å². The number of nitrogens with one attached hydrogen (secondary N) is 1. The molecular formula is C15H11BrN2S. The van der Waals surface area contributed by atoms with Crippen molar-refractivity contribution in [2.75, 3.05) is 0 Å². The molecule has 0 radical (unpaired) electrons. The molecule has 3 aromatic rings. The highest BCUT2D eigenvalue weighted by molar-refractivity contribution is 9.10. The molecule has 0 atom stereocenters. The summed E-state index contributed by atoms with van der Waals surface area (Å²) in [7, 11) is 0. The van der Waals surface area contributed by atoms with Crippen molar-refractivity contribution in [3.8, 4) is 16.9 Å². The Morgan fingerprint density at radius 3 is 2.37 bits per heavy atom. The van der Waals surface area contributed by atoms with E-state index in [4.69, 9.17) is 12.2 Å². The highest BCUT2D eigenvalue weighted by atomic mass is 79.9. The standard InChI is InChI=1S/C15H11BrN2S/c16-12-8-4-5-9-14(12)18-15(19)10-13(17-18)11-6-2-1-3-7-11/h1-10,17H. The fourth-order valence-electron chi connectivity index (χ4n) is 1.97. The van der Waals surface area contributed by atoms with Crippen molar-refractivity contribution in [3.05, 3.63) is 69.8 Å². The maximum absolute atomic E-state index is 5.43. The molecule has 3 rings (SSSR count). The van der Waals surface area contributed by atoms with Crippen LogP contribution in [0.3, 0.4) is 0 Å². The van der Waals surface area contributed by atoms with Crippen molar-refractivity contribution < 1.29 is 0 Å². The molecule has 4 heteroatoms. The van der Waals surface area contributed by atoms with Gasteiger partial charge >= 0.3 is 0 Å². The largest absolute Gasteiger partial charge is 0.292 e. The van der Waals surface area contributed by atoms with Crippen LogP contribution in [0.4, 0.5) is 0 Å². The van der Waals surface area contributed by atoms with E-state index in [9.17, 15) is 0 Å². The number of hydrogen-bond acceptors (Lipinski definition) is 1. The van der Waals surface area contributed by atoms with Crippen molar-refractivity contribution >= 4 is 28.1 Å². The van der Waals surface area contributed by atoms with Crippen LogP contribution in [0.25, 0.3) is 16.9 Å². The Morgan fingerprint density at radius 2 is 1.63 bits per heavy atom. The second-order valence-corrected chi connectivity index (χ2v) is 5.43. The SMILES string of the molecule is S=c1cc(-c2ccccc2)[nH]n1-c1ccccc1Br. The lowest BCUT2D eigenvalue weighted by molar-refractivity contribution is 0.868. The topological polar surface area (TPSA) is 20.7 Å². The fraction of sp³-hybridized carbons (Fsp3) is 0. The monoisotopic (exact) mass is 330 g/mol. The third kappa shape index (κ3) is 2.41. The van der Waals surface area contributed by atoms with Gasteiger partial charge in [0, 0.05) is 10.5 Å². The number of para-hydroxylation sites is 1. The Balaban J connectivity index is 2.14. The summed E-state index contributed by atoms with van der Waals surface area (Å²) >= 11 is 8.97. The molecule has 0 saturated heterocycles. The summed E-state index contributed by atoms with van der Waals surface area (Å²) in [5.74, 6) is 0. The summed E-state index contributed by atoms with van der Waals surface area (Å²) in [6, 6.07) is 20.1. The first-order chi connectivity index (χ1) is 9.25. The van der Waals surface area contributed by atoms with Crippen LogP contribution in [0.15, 0.2) is 65.1 Å². The predicted octanol–water partition coefficient (Wildman–Crippen LogP) is 4.96. The molecule has 2 aromatic carbocycles. The molecule has 94 valence electrons. The van der Waals surface area contributed by atoms with Crippen molar-refractivity contribution in [1.29, 1.82) is 0 Å². The van der Waals surface area contributed by atoms with Gasteiger partial charge in [-0.2, -0.15) is 0 Å². The van der Waals surface area contributed by atoms with Gasteiger partial charge in [0.05, 0.1) is 11.4 Å². The quantitative estimate of drug-likeness (QED) is 0.658. The molecule has 0 aliphatic carbocycles. The number of rotatable bonds is 2. The Kier molecular flexibility index (Phi) is 3.36. The summed E-state index contributed by atoms with van der Waals surface area (Å²) in [4.78, 5) is 0. The molecule has 19 heavy (non-hydrogen) atoms. The van der Waals surface area contributed by atoms with Gasteiger partial charge in [-0.3, -0.25) is 5.10 Å². The van der Waals surface area contributed by atoms with E-state index >= 15 is 0 Å². The minimum atomic E-state index is 0.755. The normalized spacial score (nSPS) is 10.6. The minimum Gasteiger partial charge on any atom is -0.292 e. The van der Waals surface area contributed by atoms with Crippen LogP contribution in [0.5, 0.6) is 0 Å². The van der Waals surface area contributed by atoms with Crippen molar-refractivity contribution in [2.24, 2.45) is 0 Å². The molecular weight excluding hydrogens is 320 g/mol. The molecule has 1 heterocycles. The van der Waals surface area contributed by atoms with Crippen LogP contribution >= 0.6 is 28.1 Å². The van der Waals surface area contributed by atoms with Gasteiger partial charge in [0.15, 0.2) is 0 Å². The number of aromatic nitrogens is 2. The van der Waals surface area contributed by atoms with Gasteiger partial charge in [0.2, 0.25) is 0 Å². The molecule has 1 aromatic heterocycles. The Labute approximate surface area is 124 Å². The molecule has 0 amide bonds. The lowest BCUT2D eigenvalue weighted by atomic mass is 10.2. The van der Waals surface area contributed by atoms with Crippen molar-refractivity contribution in [2.45, 2.75) is 0 Å². The van der Waals surface area contributed by atoms with Gasteiger partial charge in [-0.25, -0.2) is 4.68 Å². The average Bonchev–Trinajstić information content (AvgIpc) is 2.82. The second kappa shape index (κ2) is 5.15. The van der Waals surface area contributed by atoms with E-state index in [0.29, 0.717) is 0 Å². The molecule has 0 bridgehead atoms. The van der Waals surface area contributed by atoms with E-state index in [0.717, 1.165) is 26.1 Å². The lowest BCUT2D eigenvalue weighted by Crippen LogP contribution is -1.97. The van der Waals surface area contributed by atoms with Crippen LogP contribution in [-0.2, 0) is 0 Å². The fourth-order valence-corrected chi connectivity index (χ4v) is 2.70. The van der Waals surface area contributed by atoms with E-state index < -0.39 is 0 Å². The van der Waals surface area contributed by atoms with E-state index in [1.807, 2.05) is 53.2 Å². The highest BCUT2D eigenvalue weighted by Gasteiger charge is 2.06. The number of aromatic amines is 1. The Morgan fingerprint density at radius 1 is 0.947 bits per heavy atom. The van der Waals surface area contributed by atoms with Crippen LogP contribution in [0.2, 0.25) is 0 Å². The zero-order valence-corrected chi connectivity index (χ0v) is 12.4. The van der Waals surface area contributed by atoms with Crippen LogP contribution in [0, 0.1) is 4.64 Å². The molecule has 0 aliphatic heterocycles.